The van der Waals surface area contributed by atoms with E-state index in [1.165, 1.54) is 6.33 Å². The van der Waals surface area contributed by atoms with Gasteiger partial charge in [0.2, 0.25) is 0 Å². The van der Waals surface area contributed by atoms with Gasteiger partial charge in [-0.3, -0.25) is 14.5 Å². The van der Waals surface area contributed by atoms with E-state index in [0.29, 0.717) is 41.5 Å². The van der Waals surface area contributed by atoms with Gasteiger partial charge < -0.3 is 30.1 Å². The van der Waals surface area contributed by atoms with Crippen LogP contribution in [0.25, 0.3) is 22.7 Å². The standard InChI is InChI=1S/C23H31N7O6/c1-2-35-15(32)8-7-12-9-25-29-16(12)20-27-21(26-13-5-3-4-6-13)17-22(28-20)30(11-24-17)23-19(34)18(33)14(10-31)36-23/h9,11,13-14,18-19,23,31,33-34H,2-8,10H2,1H3,(H,25,29)(H,26,27,28)/t14-,18-,19-,23-/m1/s1. The summed E-state index contributed by atoms with van der Waals surface area (Å²) in [4.78, 5) is 25.9. The van der Waals surface area contributed by atoms with Gasteiger partial charge in [-0.25, -0.2) is 15.0 Å². The molecule has 0 spiro atoms. The molecular formula is C23H31N7O6. The number of aromatic amines is 1. The number of carbonyl (C=O) groups excluding carboxylic acids is 1. The highest BCUT2D eigenvalue weighted by Gasteiger charge is 2.44. The molecule has 2 fully saturated rings. The van der Waals surface area contributed by atoms with Gasteiger partial charge in [-0.1, -0.05) is 12.8 Å². The summed E-state index contributed by atoms with van der Waals surface area (Å²) < 4.78 is 12.3. The zero-order valence-electron chi connectivity index (χ0n) is 20.0. The molecule has 2 aliphatic rings. The van der Waals surface area contributed by atoms with E-state index in [1.54, 1.807) is 17.7 Å². The monoisotopic (exact) mass is 501 g/mol. The second-order valence-electron chi connectivity index (χ2n) is 9.15. The van der Waals surface area contributed by atoms with Crippen LogP contribution in [0.3, 0.4) is 0 Å². The molecule has 5 rings (SSSR count). The van der Waals surface area contributed by atoms with E-state index in [0.717, 1.165) is 31.2 Å². The number of hydrogen-bond donors (Lipinski definition) is 5. The Bertz CT molecular complexity index is 1210. The molecule has 0 amide bonds. The average Bonchev–Trinajstić information content (AvgIpc) is 3.66. The number of rotatable bonds is 9. The normalized spacial score (nSPS) is 24.6. The molecule has 1 saturated carbocycles. The number of fused-ring (bicyclic) bond motifs is 1. The van der Waals surface area contributed by atoms with Crippen LogP contribution in [0.2, 0.25) is 0 Å². The summed E-state index contributed by atoms with van der Waals surface area (Å²) >= 11 is 0. The summed E-state index contributed by atoms with van der Waals surface area (Å²) in [6.07, 6.45) is 3.55. The second kappa shape index (κ2) is 10.5. The Balaban J connectivity index is 1.54. The first-order chi connectivity index (χ1) is 17.5. The fourth-order valence-corrected chi connectivity index (χ4v) is 4.85. The third kappa shape index (κ3) is 4.66. The lowest BCUT2D eigenvalue weighted by molar-refractivity contribution is -0.143. The number of ether oxygens (including phenoxy) is 2. The third-order valence-corrected chi connectivity index (χ3v) is 6.75. The molecule has 13 nitrogen and oxygen atoms in total. The van der Waals surface area contributed by atoms with Crippen molar-refractivity contribution in [3.05, 3.63) is 18.1 Å². The lowest BCUT2D eigenvalue weighted by Crippen LogP contribution is -2.33. The Kier molecular flexibility index (Phi) is 7.14. The van der Waals surface area contributed by atoms with Crippen LogP contribution in [0.4, 0.5) is 5.82 Å². The number of nitrogens with one attached hydrogen (secondary N) is 2. The highest BCUT2D eigenvalue weighted by Crippen LogP contribution is 2.34. The molecule has 4 heterocycles. The van der Waals surface area contributed by atoms with Crippen molar-refractivity contribution in [3.63, 3.8) is 0 Å². The van der Waals surface area contributed by atoms with Gasteiger partial charge in [-0.15, -0.1) is 0 Å². The fraction of sp³-hybridized carbons (Fsp3) is 0.609. The molecule has 1 aliphatic heterocycles. The molecule has 1 saturated heterocycles. The van der Waals surface area contributed by atoms with Crippen LogP contribution in [-0.2, 0) is 20.7 Å². The minimum Gasteiger partial charge on any atom is -0.466 e. The van der Waals surface area contributed by atoms with Gasteiger partial charge in [-0.05, 0) is 26.2 Å². The van der Waals surface area contributed by atoms with Crippen LogP contribution in [0.5, 0.6) is 0 Å². The number of aliphatic hydroxyl groups is 3. The number of aliphatic hydroxyl groups excluding tert-OH is 3. The lowest BCUT2D eigenvalue weighted by Gasteiger charge is -2.18. The maximum atomic E-state index is 11.9. The van der Waals surface area contributed by atoms with Gasteiger partial charge in [0.1, 0.15) is 24.0 Å². The predicted molar refractivity (Wildman–Crippen MR) is 127 cm³/mol. The quantitative estimate of drug-likeness (QED) is 0.260. The maximum absolute atomic E-state index is 11.9. The molecule has 0 aromatic carbocycles. The molecule has 194 valence electrons. The van der Waals surface area contributed by atoms with E-state index in [4.69, 9.17) is 19.4 Å². The summed E-state index contributed by atoms with van der Waals surface area (Å²) in [5, 5.41) is 40.9. The fourth-order valence-electron chi connectivity index (χ4n) is 4.85. The number of nitrogens with zero attached hydrogens (tertiary/aromatic N) is 5. The summed E-state index contributed by atoms with van der Waals surface area (Å²) in [6.45, 7) is 1.64. The van der Waals surface area contributed by atoms with E-state index in [1.807, 2.05) is 0 Å². The molecule has 0 unspecified atom stereocenters. The van der Waals surface area contributed by atoms with Crippen molar-refractivity contribution >= 4 is 23.0 Å². The van der Waals surface area contributed by atoms with Gasteiger partial charge in [-0.2, -0.15) is 5.10 Å². The molecule has 4 atom stereocenters. The van der Waals surface area contributed by atoms with Gasteiger partial charge in [0, 0.05) is 18.0 Å². The number of imidazole rings is 1. The lowest BCUT2D eigenvalue weighted by atomic mass is 10.1. The Hall–Kier alpha value is -3.13. The van der Waals surface area contributed by atoms with Crippen LogP contribution in [-0.4, -0.2) is 88.6 Å². The largest absolute Gasteiger partial charge is 0.466 e. The van der Waals surface area contributed by atoms with E-state index in [-0.39, 0.29) is 18.4 Å². The molecule has 36 heavy (non-hydrogen) atoms. The smallest absolute Gasteiger partial charge is 0.306 e. The maximum Gasteiger partial charge on any atom is 0.306 e. The van der Waals surface area contributed by atoms with Crippen molar-refractivity contribution in [2.24, 2.45) is 0 Å². The SMILES string of the molecule is CCOC(=O)CCc1cn[nH]c1-c1nc(NC2CCCC2)c2ncn([C@@H]3O[C@H](CO)[C@@H](O)[C@H]3O)c2n1. The summed E-state index contributed by atoms with van der Waals surface area (Å²) in [5.41, 5.74) is 2.20. The van der Waals surface area contributed by atoms with E-state index >= 15 is 0 Å². The molecule has 0 radical (unpaired) electrons. The van der Waals surface area contributed by atoms with Gasteiger partial charge in [0.05, 0.1) is 25.7 Å². The van der Waals surface area contributed by atoms with Crippen molar-refractivity contribution < 1.29 is 29.6 Å². The van der Waals surface area contributed by atoms with Crippen LogP contribution in [0.15, 0.2) is 12.5 Å². The van der Waals surface area contributed by atoms with Crippen LogP contribution < -0.4 is 5.32 Å². The van der Waals surface area contributed by atoms with Crippen LogP contribution in [0.1, 0.15) is 50.8 Å². The van der Waals surface area contributed by atoms with E-state index in [2.05, 4.69) is 20.5 Å². The number of anilines is 1. The highest BCUT2D eigenvalue weighted by atomic mass is 16.6. The third-order valence-electron chi connectivity index (χ3n) is 6.75. The van der Waals surface area contributed by atoms with Gasteiger partial charge >= 0.3 is 5.97 Å². The zero-order valence-corrected chi connectivity index (χ0v) is 20.0. The minimum absolute atomic E-state index is 0.191. The number of H-pyrrole nitrogens is 1. The first-order valence-corrected chi connectivity index (χ1v) is 12.3. The van der Waals surface area contributed by atoms with Crippen LogP contribution in [0, 0.1) is 0 Å². The molecular weight excluding hydrogens is 470 g/mol. The number of aromatic nitrogens is 6. The number of hydrogen-bond acceptors (Lipinski definition) is 11. The first-order valence-electron chi connectivity index (χ1n) is 12.3. The number of aryl methyl sites for hydroxylation is 1. The molecule has 3 aromatic rings. The molecule has 5 N–H and O–H groups in total. The zero-order chi connectivity index (χ0) is 25.2. The van der Waals surface area contributed by atoms with Crippen molar-refractivity contribution in [1.29, 1.82) is 0 Å². The Morgan fingerprint density at radius 3 is 2.81 bits per heavy atom. The number of esters is 1. The van der Waals surface area contributed by atoms with E-state index < -0.39 is 31.1 Å². The first kappa shape index (κ1) is 24.6. The Labute approximate surface area is 206 Å². The Morgan fingerprint density at radius 1 is 1.28 bits per heavy atom. The molecule has 3 aromatic heterocycles. The highest BCUT2D eigenvalue weighted by molar-refractivity contribution is 5.85. The van der Waals surface area contributed by atoms with Gasteiger partial charge in [0.15, 0.2) is 29.0 Å². The average molecular weight is 502 g/mol. The van der Waals surface area contributed by atoms with Crippen molar-refractivity contribution in [1.82, 2.24) is 29.7 Å². The van der Waals surface area contributed by atoms with Crippen LogP contribution >= 0.6 is 0 Å². The summed E-state index contributed by atoms with van der Waals surface area (Å²) in [6, 6.07) is 0.250. The van der Waals surface area contributed by atoms with Crippen molar-refractivity contribution in [2.75, 3.05) is 18.5 Å². The number of carbonyl (C=O) groups is 1. The Morgan fingerprint density at radius 2 is 2.08 bits per heavy atom. The van der Waals surface area contributed by atoms with E-state index in [9.17, 15) is 20.1 Å². The van der Waals surface area contributed by atoms with Crippen molar-refractivity contribution in [2.45, 2.75) is 76.0 Å². The summed E-state index contributed by atoms with van der Waals surface area (Å²) in [7, 11) is 0. The van der Waals surface area contributed by atoms with Crippen molar-refractivity contribution in [3.8, 4) is 11.5 Å². The molecule has 0 bridgehead atoms. The topological polar surface area (TPSA) is 181 Å². The minimum atomic E-state index is -1.28. The molecule has 13 heteroatoms. The predicted octanol–water partition coefficient (Wildman–Crippen LogP) is 0.678. The second-order valence-corrected chi connectivity index (χ2v) is 9.15. The summed E-state index contributed by atoms with van der Waals surface area (Å²) in [5.74, 6) is 0.582. The molecule has 1 aliphatic carbocycles. The van der Waals surface area contributed by atoms with Gasteiger partial charge in [0.25, 0.3) is 0 Å².